The number of methoxy groups -OCH3 is 1. The van der Waals surface area contributed by atoms with Crippen molar-refractivity contribution in [3.8, 4) is 0 Å². The molecular weight excluding hydrogens is 492 g/mol. The molecule has 1 saturated heterocycles. The number of aromatic nitrogens is 2. The molecule has 0 aromatic carbocycles. The van der Waals surface area contributed by atoms with Crippen LogP contribution in [-0.4, -0.2) is 78.5 Å². The largest absolute Gasteiger partial charge is 0.453 e. The summed E-state index contributed by atoms with van der Waals surface area (Å²) >= 11 is 0. The molecule has 6 rings (SSSR count). The minimum Gasteiger partial charge on any atom is -0.453 e. The van der Waals surface area contributed by atoms with E-state index in [4.69, 9.17) is 19.9 Å². The van der Waals surface area contributed by atoms with Crippen LogP contribution in [0.15, 0.2) is 12.3 Å². The fourth-order valence-electron chi connectivity index (χ4n) is 7.08. The molecule has 5 aliphatic rings. The minimum atomic E-state index is -0.715. The molecule has 1 aliphatic heterocycles. The maximum atomic E-state index is 13.7. The number of nitrogens with zero attached hydrogens (tertiary/aromatic N) is 3. The second-order valence-electron chi connectivity index (χ2n) is 11.7. The number of ether oxygens (including phenoxy) is 3. The number of carbonyl (C=O) groups excluding carboxylic acids is 3. The van der Waals surface area contributed by atoms with E-state index in [1.54, 1.807) is 23.2 Å². The van der Waals surface area contributed by atoms with Crippen LogP contribution in [0.2, 0.25) is 0 Å². The predicted octanol–water partition coefficient (Wildman–Crippen LogP) is 2.10. The van der Waals surface area contributed by atoms with Gasteiger partial charge in [-0.05, 0) is 69.8 Å². The highest BCUT2D eigenvalue weighted by atomic mass is 16.6. The van der Waals surface area contributed by atoms with Crippen LogP contribution in [0.1, 0.15) is 56.3 Å². The summed E-state index contributed by atoms with van der Waals surface area (Å²) in [5.41, 5.74) is 4.70. The van der Waals surface area contributed by atoms with E-state index in [1.165, 1.54) is 7.11 Å². The summed E-state index contributed by atoms with van der Waals surface area (Å²) in [6.07, 6.45) is 8.27. The first-order valence-corrected chi connectivity index (χ1v) is 13.3. The molecule has 2 unspecified atom stereocenters. The molecule has 4 N–H and O–H groups in total. The molecule has 3 amide bonds. The van der Waals surface area contributed by atoms with Crippen molar-refractivity contribution in [2.24, 2.45) is 23.5 Å². The molecule has 12 nitrogen and oxygen atoms in total. The van der Waals surface area contributed by atoms with Crippen LogP contribution < -0.4 is 21.3 Å². The van der Waals surface area contributed by atoms with E-state index in [1.807, 2.05) is 13.8 Å². The van der Waals surface area contributed by atoms with Gasteiger partial charge in [0.2, 0.25) is 0 Å². The van der Waals surface area contributed by atoms with Gasteiger partial charge in [0.15, 0.2) is 0 Å². The summed E-state index contributed by atoms with van der Waals surface area (Å²) in [5.74, 6) is 1.51. The summed E-state index contributed by atoms with van der Waals surface area (Å²) in [6.45, 7) is 6.06. The molecule has 2 atom stereocenters. The number of nitrogens with two attached hydrogens (primary N) is 1. The lowest BCUT2D eigenvalue weighted by atomic mass is 9.52. The number of amides is 3. The van der Waals surface area contributed by atoms with Gasteiger partial charge in [0.1, 0.15) is 17.0 Å². The molecule has 12 heteroatoms. The fraction of sp³-hybridized carbons (Fsp3) is 0.692. The Morgan fingerprint density at radius 1 is 1.18 bits per heavy atom. The molecule has 2 heterocycles. The van der Waals surface area contributed by atoms with Crippen molar-refractivity contribution in [2.75, 3.05) is 38.3 Å². The van der Waals surface area contributed by atoms with E-state index in [9.17, 15) is 14.4 Å². The average Bonchev–Trinajstić information content (AvgIpc) is 3.28. The number of morpholine rings is 1. The Labute approximate surface area is 222 Å². The van der Waals surface area contributed by atoms with Gasteiger partial charge in [0, 0.05) is 25.3 Å². The second-order valence-corrected chi connectivity index (χ2v) is 11.7. The number of nitrogens with one attached hydrogen (secondary N) is 2. The topological polar surface area (TPSA) is 150 Å². The standard InChI is InChI=1S/C26H38N6O6/c1-25(2,30-24(35)36-3)4-5-32-22(31-6-8-37-9-7-31)19(15-28-32)21(33)29-20-17-10-16-11-18(20)14-26(12-16,13-17)38-23(27)34/h4-5,15-18,20H,6-14H2,1-3H3,(H2,27,34)(H,29,33)(H,30,35). The number of alkyl carbamates (subject to hydrolysis) is 1. The van der Waals surface area contributed by atoms with Crippen LogP contribution in [0.5, 0.6) is 0 Å². The molecule has 4 aliphatic carbocycles. The number of hydrogen-bond acceptors (Lipinski definition) is 8. The zero-order valence-electron chi connectivity index (χ0n) is 22.3. The van der Waals surface area contributed by atoms with Crippen LogP contribution in [0.25, 0.3) is 6.20 Å². The maximum absolute atomic E-state index is 13.7. The normalized spacial score (nSPS) is 30.3. The van der Waals surface area contributed by atoms with Crippen molar-refractivity contribution in [3.05, 3.63) is 17.8 Å². The SMILES string of the molecule is COC(=O)NC(C)(C)C=Cn1ncc(C(=O)NC2C3CC4CC2CC(OC(N)=O)(C4)C3)c1N1CCOCC1. The monoisotopic (exact) mass is 530 g/mol. The number of hydrogen-bond donors (Lipinski definition) is 3. The van der Waals surface area contributed by atoms with Crippen LogP contribution in [0.3, 0.4) is 0 Å². The van der Waals surface area contributed by atoms with Crippen molar-refractivity contribution in [1.29, 1.82) is 0 Å². The molecular formula is C26H38N6O6. The number of primary amides is 1. The fourth-order valence-corrected chi connectivity index (χ4v) is 7.08. The van der Waals surface area contributed by atoms with Crippen LogP contribution in [0, 0.1) is 17.8 Å². The molecule has 4 saturated carbocycles. The van der Waals surface area contributed by atoms with Crippen LogP contribution in [-0.2, 0) is 14.2 Å². The van der Waals surface area contributed by atoms with E-state index in [2.05, 4.69) is 20.6 Å². The van der Waals surface area contributed by atoms with Gasteiger partial charge in [-0.15, -0.1) is 0 Å². The molecule has 4 bridgehead atoms. The smallest absolute Gasteiger partial charge is 0.407 e. The summed E-state index contributed by atoms with van der Waals surface area (Å²) in [5, 5.41) is 10.6. The highest BCUT2D eigenvalue weighted by Gasteiger charge is 2.57. The quantitative estimate of drug-likeness (QED) is 0.485. The molecule has 0 radical (unpaired) electrons. The summed E-state index contributed by atoms with van der Waals surface area (Å²) < 4.78 is 17.6. The van der Waals surface area contributed by atoms with Crippen molar-refractivity contribution < 1.29 is 28.6 Å². The first kappa shape index (κ1) is 26.3. The lowest BCUT2D eigenvalue weighted by Gasteiger charge is -2.58. The van der Waals surface area contributed by atoms with Crippen LogP contribution in [0.4, 0.5) is 15.4 Å². The van der Waals surface area contributed by atoms with Crippen molar-refractivity contribution in [3.63, 3.8) is 0 Å². The lowest BCUT2D eigenvalue weighted by molar-refractivity contribution is -0.137. The first-order chi connectivity index (χ1) is 18.1. The lowest BCUT2D eigenvalue weighted by Crippen LogP contribution is -2.63. The van der Waals surface area contributed by atoms with Crippen LogP contribution >= 0.6 is 0 Å². The molecule has 0 spiro atoms. The van der Waals surface area contributed by atoms with Gasteiger partial charge in [-0.3, -0.25) is 4.79 Å². The highest BCUT2D eigenvalue weighted by Crippen LogP contribution is 2.57. The molecule has 1 aromatic rings. The predicted molar refractivity (Wildman–Crippen MR) is 138 cm³/mol. The first-order valence-electron chi connectivity index (χ1n) is 13.3. The Bertz CT molecular complexity index is 1090. The van der Waals surface area contributed by atoms with Gasteiger partial charge in [-0.1, -0.05) is 0 Å². The second kappa shape index (κ2) is 10.1. The third kappa shape index (κ3) is 5.31. The summed E-state index contributed by atoms with van der Waals surface area (Å²) in [6, 6.07) is 0.0169. The highest BCUT2D eigenvalue weighted by molar-refractivity contribution is 5.99. The summed E-state index contributed by atoms with van der Waals surface area (Å²) in [4.78, 5) is 39.1. The van der Waals surface area contributed by atoms with Gasteiger partial charge < -0.3 is 35.5 Å². The Hall–Kier alpha value is -3.28. The molecule has 208 valence electrons. The third-order valence-corrected chi connectivity index (χ3v) is 8.40. The van der Waals surface area contributed by atoms with Gasteiger partial charge in [-0.2, -0.15) is 5.10 Å². The van der Waals surface area contributed by atoms with Gasteiger partial charge in [-0.25, -0.2) is 14.3 Å². The van der Waals surface area contributed by atoms with Crippen molar-refractivity contribution in [1.82, 2.24) is 20.4 Å². The van der Waals surface area contributed by atoms with E-state index in [-0.39, 0.29) is 23.8 Å². The maximum Gasteiger partial charge on any atom is 0.407 e. The number of anilines is 1. The van der Waals surface area contributed by atoms with Crippen molar-refractivity contribution >= 4 is 30.1 Å². The van der Waals surface area contributed by atoms with Gasteiger partial charge in [0.25, 0.3) is 5.91 Å². The average molecular weight is 531 g/mol. The van der Waals surface area contributed by atoms with E-state index < -0.39 is 23.3 Å². The van der Waals surface area contributed by atoms with Gasteiger partial charge >= 0.3 is 12.2 Å². The zero-order chi connectivity index (χ0) is 27.1. The third-order valence-electron chi connectivity index (χ3n) is 8.40. The molecule has 5 fully saturated rings. The number of carbonyl (C=O) groups is 3. The Morgan fingerprint density at radius 3 is 2.50 bits per heavy atom. The van der Waals surface area contributed by atoms with E-state index in [0.29, 0.717) is 43.6 Å². The Morgan fingerprint density at radius 2 is 1.87 bits per heavy atom. The summed E-state index contributed by atoms with van der Waals surface area (Å²) in [7, 11) is 1.32. The Kier molecular flexibility index (Phi) is 7.01. The zero-order valence-corrected chi connectivity index (χ0v) is 22.3. The van der Waals surface area contributed by atoms with E-state index in [0.717, 1.165) is 32.1 Å². The van der Waals surface area contributed by atoms with Gasteiger partial charge in [0.05, 0.1) is 32.1 Å². The molecule has 38 heavy (non-hydrogen) atoms. The Balaban J connectivity index is 1.36. The van der Waals surface area contributed by atoms with Crippen molar-refractivity contribution in [2.45, 2.75) is 63.1 Å². The van der Waals surface area contributed by atoms with E-state index >= 15 is 0 Å². The number of rotatable bonds is 7. The minimum absolute atomic E-state index is 0.0169. The molecule has 1 aromatic heterocycles.